The van der Waals surface area contributed by atoms with Crippen LogP contribution in [0.5, 0.6) is 0 Å². The normalized spacial score (nSPS) is 12.3. The molecule has 4 N–H and O–H groups in total. The van der Waals surface area contributed by atoms with Crippen LogP contribution in [0.2, 0.25) is 0 Å². The first kappa shape index (κ1) is 16.0. The SMILES string of the molecule is CC(C)[C@@H](O)C(=O)NCc1ccc(C(N)=O)c(F)c1F. The maximum atomic E-state index is 13.6. The van der Waals surface area contributed by atoms with Crippen LogP contribution in [-0.4, -0.2) is 23.0 Å². The molecule has 0 aliphatic carbocycles. The molecule has 0 saturated carbocycles. The monoisotopic (exact) mass is 286 g/mol. The van der Waals surface area contributed by atoms with Gasteiger partial charge in [0.1, 0.15) is 6.10 Å². The van der Waals surface area contributed by atoms with Gasteiger partial charge in [0.05, 0.1) is 5.56 Å². The molecule has 0 saturated heterocycles. The summed E-state index contributed by atoms with van der Waals surface area (Å²) in [6.07, 6.45) is -1.23. The largest absolute Gasteiger partial charge is 0.383 e. The van der Waals surface area contributed by atoms with Crippen LogP contribution in [0.15, 0.2) is 12.1 Å². The van der Waals surface area contributed by atoms with Crippen molar-refractivity contribution in [2.75, 3.05) is 0 Å². The molecule has 110 valence electrons. The number of hydrogen-bond donors (Lipinski definition) is 3. The summed E-state index contributed by atoms with van der Waals surface area (Å²) < 4.78 is 27.1. The van der Waals surface area contributed by atoms with E-state index in [0.29, 0.717) is 0 Å². The van der Waals surface area contributed by atoms with Gasteiger partial charge >= 0.3 is 0 Å². The Balaban J connectivity index is 2.83. The summed E-state index contributed by atoms with van der Waals surface area (Å²) in [4.78, 5) is 22.3. The van der Waals surface area contributed by atoms with Crippen molar-refractivity contribution in [3.05, 3.63) is 34.9 Å². The van der Waals surface area contributed by atoms with Crippen molar-refractivity contribution in [2.24, 2.45) is 11.7 Å². The number of aliphatic hydroxyl groups is 1. The smallest absolute Gasteiger partial charge is 0.251 e. The number of amides is 2. The zero-order valence-electron chi connectivity index (χ0n) is 11.1. The van der Waals surface area contributed by atoms with Crippen LogP contribution in [0.3, 0.4) is 0 Å². The highest BCUT2D eigenvalue weighted by Crippen LogP contribution is 2.16. The molecule has 0 radical (unpaired) electrons. The van der Waals surface area contributed by atoms with Gasteiger partial charge in [-0.2, -0.15) is 0 Å². The van der Waals surface area contributed by atoms with Crippen LogP contribution in [-0.2, 0) is 11.3 Å². The molecule has 0 heterocycles. The van der Waals surface area contributed by atoms with Gasteiger partial charge in [0.2, 0.25) is 5.91 Å². The van der Waals surface area contributed by atoms with E-state index >= 15 is 0 Å². The van der Waals surface area contributed by atoms with Gasteiger partial charge < -0.3 is 16.2 Å². The number of aliphatic hydroxyl groups excluding tert-OH is 1. The van der Waals surface area contributed by atoms with Gasteiger partial charge in [0.15, 0.2) is 11.6 Å². The quantitative estimate of drug-likeness (QED) is 0.743. The standard InChI is InChI=1S/C13H16F2N2O3/c1-6(2)11(18)13(20)17-5-7-3-4-8(12(16)19)10(15)9(7)14/h3-4,6,11,18H,5H2,1-2H3,(H2,16,19)(H,17,20)/t11-/m1/s1. The highest BCUT2D eigenvalue weighted by molar-refractivity contribution is 5.93. The Labute approximate surface area is 114 Å². The summed E-state index contributed by atoms with van der Waals surface area (Å²) in [5.74, 6) is -4.66. The van der Waals surface area contributed by atoms with Crippen molar-refractivity contribution in [1.82, 2.24) is 5.32 Å². The maximum Gasteiger partial charge on any atom is 0.251 e. The molecule has 20 heavy (non-hydrogen) atoms. The third-order valence-corrected chi connectivity index (χ3v) is 2.78. The number of hydrogen-bond acceptors (Lipinski definition) is 3. The predicted octanol–water partition coefficient (Wildman–Crippen LogP) is 0.697. The molecule has 0 aromatic heterocycles. The Hall–Kier alpha value is -2.02. The summed E-state index contributed by atoms with van der Waals surface area (Å²) in [5, 5.41) is 11.8. The number of nitrogens with two attached hydrogens (primary N) is 1. The van der Waals surface area contributed by atoms with Gasteiger partial charge in [-0.3, -0.25) is 9.59 Å². The zero-order valence-corrected chi connectivity index (χ0v) is 11.1. The van der Waals surface area contributed by atoms with Gasteiger partial charge in [-0.25, -0.2) is 8.78 Å². The summed E-state index contributed by atoms with van der Waals surface area (Å²) in [5.41, 5.74) is 4.18. The van der Waals surface area contributed by atoms with Gasteiger partial charge in [-0.05, 0) is 12.0 Å². The van der Waals surface area contributed by atoms with Crippen LogP contribution in [0.4, 0.5) is 8.78 Å². The van der Waals surface area contributed by atoms with E-state index in [-0.39, 0.29) is 18.0 Å². The second kappa shape index (κ2) is 6.42. The molecule has 1 aromatic rings. The van der Waals surface area contributed by atoms with Gasteiger partial charge in [-0.15, -0.1) is 0 Å². The molecule has 1 aromatic carbocycles. The molecule has 0 fully saturated rings. The molecule has 1 rings (SSSR count). The van der Waals surface area contributed by atoms with E-state index < -0.39 is 35.1 Å². The number of nitrogens with one attached hydrogen (secondary N) is 1. The molecule has 0 aliphatic rings. The first-order valence-electron chi connectivity index (χ1n) is 5.98. The molecule has 0 spiro atoms. The summed E-state index contributed by atoms with van der Waals surface area (Å²) >= 11 is 0. The third-order valence-electron chi connectivity index (χ3n) is 2.78. The average Bonchev–Trinajstić information content (AvgIpc) is 2.38. The minimum Gasteiger partial charge on any atom is -0.383 e. The summed E-state index contributed by atoms with van der Waals surface area (Å²) in [7, 11) is 0. The van der Waals surface area contributed by atoms with E-state index in [2.05, 4.69) is 5.32 Å². The first-order chi connectivity index (χ1) is 9.25. The van der Waals surface area contributed by atoms with Crippen molar-refractivity contribution in [3.8, 4) is 0 Å². The molecule has 1 atom stereocenters. The molecular weight excluding hydrogens is 270 g/mol. The minimum absolute atomic E-state index is 0.142. The Morgan fingerprint density at radius 1 is 1.30 bits per heavy atom. The lowest BCUT2D eigenvalue weighted by molar-refractivity contribution is -0.131. The van der Waals surface area contributed by atoms with E-state index in [4.69, 9.17) is 5.73 Å². The zero-order chi connectivity index (χ0) is 15.4. The van der Waals surface area contributed by atoms with E-state index in [1.807, 2.05) is 0 Å². The second-order valence-electron chi connectivity index (χ2n) is 4.67. The highest BCUT2D eigenvalue weighted by atomic mass is 19.2. The predicted molar refractivity (Wildman–Crippen MR) is 67.6 cm³/mol. The van der Waals surface area contributed by atoms with Crippen molar-refractivity contribution < 1.29 is 23.5 Å². The van der Waals surface area contributed by atoms with Crippen molar-refractivity contribution in [3.63, 3.8) is 0 Å². The van der Waals surface area contributed by atoms with Gasteiger partial charge in [0.25, 0.3) is 5.91 Å². The Kier molecular flexibility index (Phi) is 5.15. The molecule has 5 nitrogen and oxygen atoms in total. The Morgan fingerprint density at radius 2 is 1.90 bits per heavy atom. The number of primary amides is 1. The molecule has 7 heteroatoms. The topological polar surface area (TPSA) is 92.4 Å². The number of rotatable bonds is 5. The fourth-order valence-electron chi connectivity index (χ4n) is 1.51. The summed E-state index contributed by atoms with van der Waals surface area (Å²) in [6, 6.07) is 2.20. The molecule has 0 bridgehead atoms. The molecule has 0 unspecified atom stereocenters. The van der Waals surface area contributed by atoms with Crippen LogP contribution in [0.1, 0.15) is 29.8 Å². The van der Waals surface area contributed by atoms with E-state index in [9.17, 15) is 23.5 Å². The lowest BCUT2D eigenvalue weighted by Crippen LogP contribution is -2.37. The molecule has 2 amide bonds. The van der Waals surface area contributed by atoms with E-state index in [1.165, 1.54) is 0 Å². The number of carbonyl (C=O) groups excluding carboxylic acids is 2. The third kappa shape index (κ3) is 3.51. The van der Waals surface area contributed by atoms with Crippen LogP contribution in [0, 0.1) is 17.6 Å². The van der Waals surface area contributed by atoms with Crippen molar-refractivity contribution in [1.29, 1.82) is 0 Å². The number of carbonyl (C=O) groups is 2. The lowest BCUT2D eigenvalue weighted by Gasteiger charge is -2.14. The second-order valence-corrected chi connectivity index (χ2v) is 4.67. The maximum absolute atomic E-state index is 13.6. The molecular formula is C13H16F2N2O3. The summed E-state index contributed by atoms with van der Waals surface area (Å²) in [6.45, 7) is 2.99. The highest BCUT2D eigenvalue weighted by Gasteiger charge is 2.20. The first-order valence-corrected chi connectivity index (χ1v) is 5.98. The lowest BCUT2D eigenvalue weighted by atomic mass is 10.1. The Bertz CT molecular complexity index is 533. The fourth-order valence-corrected chi connectivity index (χ4v) is 1.51. The van der Waals surface area contributed by atoms with Crippen LogP contribution in [0.25, 0.3) is 0 Å². The van der Waals surface area contributed by atoms with Gasteiger partial charge in [0, 0.05) is 12.1 Å². The number of halogens is 2. The van der Waals surface area contributed by atoms with E-state index in [0.717, 1.165) is 12.1 Å². The fraction of sp³-hybridized carbons (Fsp3) is 0.385. The minimum atomic E-state index is -1.35. The van der Waals surface area contributed by atoms with Crippen molar-refractivity contribution >= 4 is 11.8 Å². The van der Waals surface area contributed by atoms with Gasteiger partial charge in [-0.1, -0.05) is 19.9 Å². The number of benzene rings is 1. The van der Waals surface area contributed by atoms with Crippen LogP contribution >= 0.6 is 0 Å². The Morgan fingerprint density at radius 3 is 2.40 bits per heavy atom. The van der Waals surface area contributed by atoms with Crippen LogP contribution < -0.4 is 11.1 Å². The molecule has 0 aliphatic heterocycles. The average molecular weight is 286 g/mol. The van der Waals surface area contributed by atoms with Crippen molar-refractivity contribution in [2.45, 2.75) is 26.5 Å². The van der Waals surface area contributed by atoms with E-state index in [1.54, 1.807) is 13.8 Å².